The molecule has 100 valence electrons. The van der Waals surface area contributed by atoms with Crippen LogP contribution in [0.3, 0.4) is 0 Å². The predicted molar refractivity (Wildman–Crippen MR) is 70.4 cm³/mol. The molecule has 1 fully saturated rings. The van der Waals surface area contributed by atoms with E-state index in [0.717, 1.165) is 12.8 Å². The lowest BCUT2D eigenvalue weighted by Crippen LogP contribution is -2.28. The Morgan fingerprint density at radius 1 is 1.63 bits per heavy atom. The van der Waals surface area contributed by atoms with Crippen LogP contribution in [-0.2, 0) is 9.53 Å². The number of hydrogen-bond acceptors (Lipinski definition) is 4. The van der Waals surface area contributed by atoms with Gasteiger partial charge in [-0.2, -0.15) is 0 Å². The van der Waals surface area contributed by atoms with Gasteiger partial charge in [-0.25, -0.2) is 4.98 Å². The van der Waals surface area contributed by atoms with E-state index < -0.39 is 6.10 Å². The maximum absolute atomic E-state index is 11.9. The summed E-state index contributed by atoms with van der Waals surface area (Å²) in [5, 5.41) is 11.4. The van der Waals surface area contributed by atoms with Gasteiger partial charge < -0.3 is 15.2 Å². The van der Waals surface area contributed by atoms with Gasteiger partial charge in [0, 0.05) is 11.8 Å². The number of nitrogens with one attached hydrogen (secondary N) is 1. The molecule has 5 nitrogen and oxygen atoms in total. The number of nitrogens with zero attached hydrogens (tertiary/aromatic N) is 1. The second-order valence-electron chi connectivity index (χ2n) is 4.39. The molecular weight excluding hydrogens is 244 g/mol. The van der Waals surface area contributed by atoms with Gasteiger partial charge in [0.1, 0.15) is 18.5 Å². The molecule has 2 N–H and O–H groups in total. The average molecular weight is 260 g/mol. The maximum Gasteiger partial charge on any atom is 0.254 e. The molecule has 0 spiro atoms. The monoisotopic (exact) mass is 260 g/mol. The minimum absolute atomic E-state index is 0.130. The SMILES string of the molecule is CC1CCC(C(=O)Nc2cc(C#CCO)ccn2)O1. The fraction of sp³-hybridized carbons (Fsp3) is 0.429. The number of carbonyl (C=O) groups excluding carboxylic acids is 1. The lowest BCUT2D eigenvalue weighted by Gasteiger charge is -2.11. The summed E-state index contributed by atoms with van der Waals surface area (Å²) in [5.74, 6) is 5.57. The van der Waals surface area contributed by atoms with Crippen LogP contribution in [0.5, 0.6) is 0 Å². The van der Waals surface area contributed by atoms with Crippen LogP contribution in [0.1, 0.15) is 25.3 Å². The standard InChI is InChI=1S/C14H16N2O3/c1-10-4-5-12(19-10)14(18)16-13-9-11(3-2-8-17)6-7-15-13/h6-7,9-10,12,17H,4-5,8H2,1H3,(H,15,16,18). The van der Waals surface area contributed by atoms with Gasteiger partial charge in [0.15, 0.2) is 0 Å². The minimum Gasteiger partial charge on any atom is -0.384 e. The molecule has 1 aromatic rings. The number of rotatable bonds is 2. The van der Waals surface area contributed by atoms with Gasteiger partial charge in [0.05, 0.1) is 6.10 Å². The van der Waals surface area contributed by atoms with Gasteiger partial charge in [-0.1, -0.05) is 11.8 Å². The summed E-state index contributed by atoms with van der Waals surface area (Å²) in [6, 6.07) is 3.38. The first kappa shape index (κ1) is 13.5. The van der Waals surface area contributed by atoms with Gasteiger partial charge >= 0.3 is 0 Å². The largest absolute Gasteiger partial charge is 0.384 e. The van der Waals surface area contributed by atoms with Crippen molar-refractivity contribution in [2.45, 2.75) is 32.0 Å². The summed E-state index contributed by atoms with van der Waals surface area (Å²) in [6.07, 6.45) is 2.93. The normalized spacial score (nSPS) is 21.6. The smallest absolute Gasteiger partial charge is 0.254 e. The van der Waals surface area contributed by atoms with Crippen molar-refractivity contribution in [3.8, 4) is 11.8 Å². The lowest BCUT2D eigenvalue weighted by atomic mass is 10.2. The van der Waals surface area contributed by atoms with Crippen molar-refractivity contribution in [2.24, 2.45) is 0 Å². The minimum atomic E-state index is -0.399. The third-order valence-electron chi connectivity index (χ3n) is 2.85. The highest BCUT2D eigenvalue weighted by Gasteiger charge is 2.28. The third kappa shape index (κ3) is 3.78. The molecule has 2 unspecified atom stereocenters. The molecule has 1 aromatic heterocycles. The van der Waals surface area contributed by atoms with E-state index in [1.807, 2.05) is 6.92 Å². The zero-order valence-electron chi connectivity index (χ0n) is 10.7. The number of carbonyl (C=O) groups is 1. The van der Waals surface area contributed by atoms with E-state index in [1.54, 1.807) is 18.3 Å². The zero-order chi connectivity index (χ0) is 13.7. The first-order chi connectivity index (χ1) is 9.19. The van der Waals surface area contributed by atoms with Crippen molar-refractivity contribution >= 4 is 11.7 Å². The molecule has 2 rings (SSSR count). The molecule has 0 saturated carbocycles. The van der Waals surface area contributed by atoms with Crippen molar-refractivity contribution in [1.82, 2.24) is 4.98 Å². The molecule has 1 aliphatic rings. The second-order valence-corrected chi connectivity index (χ2v) is 4.39. The molecule has 2 heterocycles. The van der Waals surface area contributed by atoms with Gasteiger partial charge in [0.2, 0.25) is 0 Å². The molecule has 1 amide bonds. The number of hydrogen-bond donors (Lipinski definition) is 2. The van der Waals surface area contributed by atoms with Crippen LogP contribution in [0.4, 0.5) is 5.82 Å². The van der Waals surface area contributed by atoms with Crippen molar-refractivity contribution < 1.29 is 14.6 Å². The van der Waals surface area contributed by atoms with Crippen LogP contribution < -0.4 is 5.32 Å². The van der Waals surface area contributed by atoms with Crippen molar-refractivity contribution in [3.05, 3.63) is 23.9 Å². The number of anilines is 1. The predicted octanol–water partition coefficient (Wildman–Crippen LogP) is 0.931. The molecule has 0 radical (unpaired) electrons. The molecule has 1 saturated heterocycles. The molecule has 2 atom stereocenters. The van der Waals surface area contributed by atoms with E-state index in [9.17, 15) is 4.79 Å². The zero-order valence-corrected chi connectivity index (χ0v) is 10.7. The van der Waals surface area contributed by atoms with E-state index in [2.05, 4.69) is 22.1 Å². The van der Waals surface area contributed by atoms with Crippen molar-refractivity contribution in [3.63, 3.8) is 0 Å². The Morgan fingerprint density at radius 2 is 2.47 bits per heavy atom. The number of aliphatic hydroxyl groups is 1. The quantitative estimate of drug-likeness (QED) is 0.776. The summed E-state index contributed by atoms with van der Waals surface area (Å²) in [4.78, 5) is 16.0. The van der Waals surface area contributed by atoms with E-state index in [4.69, 9.17) is 9.84 Å². The molecule has 1 aliphatic heterocycles. The fourth-order valence-corrected chi connectivity index (χ4v) is 1.92. The van der Waals surface area contributed by atoms with E-state index in [1.165, 1.54) is 0 Å². The maximum atomic E-state index is 11.9. The molecule has 0 bridgehead atoms. The van der Waals surface area contributed by atoms with E-state index in [-0.39, 0.29) is 18.6 Å². The van der Waals surface area contributed by atoms with E-state index >= 15 is 0 Å². The van der Waals surface area contributed by atoms with Crippen LogP contribution in [-0.4, -0.2) is 34.8 Å². The summed E-state index contributed by atoms with van der Waals surface area (Å²) in [7, 11) is 0. The van der Waals surface area contributed by atoms with Crippen LogP contribution in [0.2, 0.25) is 0 Å². The van der Waals surface area contributed by atoms with Gasteiger partial charge in [-0.15, -0.1) is 0 Å². The van der Waals surface area contributed by atoms with Crippen LogP contribution in [0.15, 0.2) is 18.3 Å². The van der Waals surface area contributed by atoms with Crippen molar-refractivity contribution in [1.29, 1.82) is 0 Å². The number of aliphatic hydroxyl groups excluding tert-OH is 1. The molecule has 0 aliphatic carbocycles. The Morgan fingerprint density at radius 3 is 3.16 bits per heavy atom. The van der Waals surface area contributed by atoms with Crippen LogP contribution >= 0.6 is 0 Å². The Bertz CT molecular complexity index is 519. The molecule has 0 aromatic carbocycles. The number of amides is 1. The number of ether oxygens (including phenoxy) is 1. The van der Waals surface area contributed by atoms with Crippen molar-refractivity contribution in [2.75, 3.05) is 11.9 Å². The molecular formula is C14H16N2O3. The summed E-state index contributed by atoms with van der Waals surface area (Å²) in [5.41, 5.74) is 0.694. The summed E-state index contributed by atoms with van der Waals surface area (Å²) >= 11 is 0. The average Bonchev–Trinajstić information content (AvgIpc) is 2.83. The topological polar surface area (TPSA) is 71.5 Å². The van der Waals surface area contributed by atoms with Crippen LogP contribution in [0.25, 0.3) is 0 Å². The Labute approximate surface area is 112 Å². The first-order valence-electron chi connectivity index (χ1n) is 6.21. The van der Waals surface area contributed by atoms with Gasteiger partial charge in [-0.3, -0.25) is 4.79 Å². The highest BCUT2D eigenvalue weighted by atomic mass is 16.5. The molecule has 19 heavy (non-hydrogen) atoms. The summed E-state index contributed by atoms with van der Waals surface area (Å²) < 4.78 is 5.49. The Kier molecular flexibility index (Phi) is 4.50. The second kappa shape index (κ2) is 6.32. The summed E-state index contributed by atoms with van der Waals surface area (Å²) in [6.45, 7) is 1.76. The lowest BCUT2D eigenvalue weighted by molar-refractivity contribution is -0.126. The molecule has 5 heteroatoms. The van der Waals surface area contributed by atoms with Crippen LogP contribution in [0, 0.1) is 11.8 Å². The number of aromatic nitrogens is 1. The highest BCUT2D eigenvalue weighted by molar-refractivity contribution is 5.93. The van der Waals surface area contributed by atoms with Gasteiger partial charge in [-0.05, 0) is 31.9 Å². The van der Waals surface area contributed by atoms with E-state index in [0.29, 0.717) is 11.4 Å². The highest BCUT2D eigenvalue weighted by Crippen LogP contribution is 2.20. The Balaban J connectivity index is 2.00. The Hall–Kier alpha value is -1.90. The fourth-order valence-electron chi connectivity index (χ4n) is 1.92. The number of pyridine rings is 1. The third-order valence-corrected chi connectivity index (χ3v) is 2.85. The first-order valence-corrected chi connectivity index (χ1v) is 6.21. The van der Waals surface area contributed by atoms with Gasteiger partial charge in [0.25, 0.3) is 5.91 Å².